The summed E-state index contributed by atoms with van der Waals surface area (Å²) in [7, 11) is 0. The third-order valence-corrected chi connectivity index (χ3v) is 6.18. The van der Waals surface area contributed by atoms with Crippen LogP contribution in [0.25, 0.3) is 10.9 Å². The summed E-state index contributed by atoms with van der Waals surface area (Å²) < 4.78 is 3.76. The lowest BCUT2D eigenvalue weighted by molar-refractivity contribution is 0.0772. The first-order valence-electron chi connectivity index (χ1n) is 9.36. The zero-order chi connectivity index (χ0) is 19.9. The lowest BCUT2D eigenvalue weighted by atomic mass is 9.95. The van der Waals surface area contributed by atoms with Crippen molar-refractivity contribution in [3.05, 3.63) is 60.6 Å². The van der Waals surface area contributed by atoms with Gasteiger partial charge in [-0.05, 0) is 30.1 Å². The minimum absolute atomic E-state index is 0.0134. The number of Topliss-reactive ketones (excluding diaryl/α,β-unsaturated/α-hetero) is 1. The molecule has 28 heavy (non-hydrogen) atoms. The van der Waals surface area contributed by atoms with Crippen LogP contribution in [0.3, 0.4) is 0 Å². The maximum atomic E-state index is 13.3. The molecule has 1 aromatic carbocycles. The van der Waals surface area contributed by atoms with Crippen molar-refractivity contribution in [2.24, 2.45) is 11.3 Å². The number of aromatic nitrogens is 2. The number of hydrogen-bond donors (Lipinski definition) is 0. The minimum atomic E-state index is -0.525. The molecule has 0 N–H and O–H groups in total. The molecule has 1 atom stereocenters. The zero-order valence-electron chi connectivity index (χ0n) is 16.3. The Kier molecular flexibility index (Phi) is 4.75. The van der Waals surface area contributed by atoms with E-state index < -0.39 is 5.41 Å². The SMILES string of the molecule is CC(C)(C)C(=O)n1cc(C(=O)C2CSN(c3cccnc3)C2)c2ccccc21. The van der Waals surface area contributed by atoms with E-state index in [0.717, 1.165) is 22.3 Å². The van der Waals surface area contributed by atoms with E-state index in [4.69, 9.17) is 0 Å². The standard InChI is InChI=1S/C22H23N3O2S/c1-22(2,3)21(27)24-13-18(17-8-4-5-9-19(17)24)20(26)15-12-25(28-14-15)16-7-6-10-23-11-16/h4-11,13,15H,12,14H2,1-3H3. The van der Waals surface area contributed by atoms with Gasteiger partial charge in [0.05, 0.1) is 23.3 Å². The van der Waals surface area contributed by atoms with Crippen molar-refractivity contribution in [3.63, 3.8) is 0 Å². The molecule has 0 aliphatic carbocycles. The predicted octanol–water partition coefficient (Wildman–Crippen LogP) is 4.69. The fourth-order valence-corrected chi connectivity index (χ4v) is 4.61. The van der Waals surface area contributed by atoms with Gasteiger partial charge < -0.3 is 4.31 Å². The molecule has 5 nitrogen and oxygen atoms in total. The first-order chi connectivity index (χ1) is 13.4. The Morgan fingerprint density at radius 2 is 1.93 bits per heavy atom. The lowest BCUT2D eigenvalue weighted by Gasteiger charge is -2.17. The highest BCUT2D eigenvalue weighted by Crippen LogP contribution is 2.34. The van der Waals surface area contributed by atoms with Crippen molar-refractivity contribution in [1.82, 2.24) is 9.55 Å². The van der Waals surface area contributed by atoms with E-state index in [0.29, 0.717) is 12.1 Å². The number of hydrogen-bond acceptors (Lipinski definition) is 5. The van der Waals surface area contributed by atoms with Gasteiger partial charge in [0.2, 0.25) is 5.91 Å². The Morgan fingerprint density at radius 3 is 2.64 bits per heavy atom. The summed E-state index contributed by atoms with van der Waals surface area (Å²) in [4.78, 5) is 30.4. The molecule has 1 aliphatic rings. The Hall–Kier alpha value is -2.60. The third kappa shape index (κ3) is 3.33. The maximum Gasteiger partial charge on any atom is 0.236 e. The van der Waals surface area contributed by atoms with Crippen molar-refractivity contribution in [2.75, 3.05) is 16.6 Å². The molecule has 144 valence electrons. The van der Waals surface area contributed by atoms with E-state index in [-0.39, 0.29) is 17.6 Å². The molecule has 0 radical (unpaired) electrons. The van der Waals surface area contributed by atoms with Crippen molar-refractivity contribution in [1.29, 1.82) is 0 Å². The number of rotatable bonds is 3. The van der Waals surface area contributed by atoms with Gasteiger partial charge in [-0.3, -0.25) is 19.1 Å². The van der Waals surface area contributed by atoms with Crippen LogP contribution in [-0.2, 0) is 0 Å². The second-order valence-electron chi connectivity index (χ2n) is 8.11. The van der Waals surface area contributed by atoms with E-state index >= 15 is 0 Å². The van der Waals surface area contributed by atoms with Gasteiger partial charge >= 0.3 is 0 Å². The van der Waals surface area contributed by atoms with E-state index in [9.17, 15) is 9.59 Å². The summed E-state index contributed by atoms with van der Waals surface area (Å²) in [5.41, 5.74) is 1.91. The largest absolute Gasteiger partial charge is 0.314 e. The Balaban J connectivity index is 1.66. The van der Waals surface area contributed by atoms with E-state index in [1.54, 1.807) is 28.9 Å². The van der Waals surface area contributed by atoms with Crippen molar-refractivity contribution < 1.29 is 9.59 Å². The number of anilines is 1. The monoisotopic (exact) mass is 393 g/mol. The number of carbonyl (C=O) groups excluding carboxylic acids is 2. The molecule has 6 heteroatoms. The topological polar surface area (TPSA) is 55.2 Å². The number of ketones is 1. The lowest BCUT2D eigenvalue weighted by Crippen LogP contribution is -2.26. The normalized spacial score (nSPS) is 17.2. The van der Waals surface area contributed by atoms with Gasteiger partial charge in [0.15, 0.2) is 5.78 Å². The summed E-state index contributed by atoms with van der Waals surface area (Å²) in [6.07, 6.45) is 5.29. The van der Waals surface area contributed by atoms with Crippen LogP contribution in [0.2, 0.25) is 0 Å². The highest BCUT2D eigenvalue weighted by Gasteiger charge is 2.33. The van der Waals surface area contributed by atoms with Crippen LogP contribution in [0.15, 0.2) is 55.0 Å². The molecule has 2 aromatic heterocycles. The average Bonchev–Trinajstić information content (AvgIpc) is 3.32. The number of benzene rings is 1. The molecule has 3 heterocycles. The Morgan fingerprint density at radius 1 is 1.14 bits per heavy atom. The molecule has 0 spiro atoms. The number of para-hydroxylation sites is 1. The van der Waals surface area contributed by atoms with Crippen LogP contribution >= 0.6 is 11.9 Å². The summed E-state index contributed by atoms with van der Waals surface area (Å²) in [6, 6.07) is 11.5. The predicted molar refractivity (Wildman–Crippen MR) is 114 cm³/mol. The van der Waals surface area contributed by atoms with Crippen LogP contribution in [-0.4, -0.2) is 33.5 Å². The summed E-state index contributed by atoms with van der Waals surface area (Å²) >= 11 is 1.65. The number of pyridine rings is 1. The molecule has 0 saturated carbocycles. The smallest absolute Gasteiger partial charge is 0.236 e. The number of carbonyl (C=O) groups is 2. The van der Waals surface area contributed by atoms with E-state index in [1.165, 1.54) is 0 Å². The molecule has 1 aliphatic heterocycles. The van der Waals surface area contributed by atoms with Gasteiger partial charge in [-0.15, -0.1) is 0 Å². The third-order valence-electron chi connectivity index (χ3n) is 4.96. The van der Waals surface area contributed by atoms with Crippen molar-refractivity contribution >= 4 is 40.2 Å². The Labute approximate surface area is 168 Å². The van der Waals surface area contributed by atoms with Gasteiger partial charge in [0.25, 0.3) is 0 Å². The quantitative estimate of drug-likeness (QED) is 0.477. The molecule has 1 saturated heterocycles. The first-order valence-corrected chi connectivity index (χ1v) is 10.3. The number of nitrogens with zero attached hydrogens (tertiary/aromatic N) is 3. The summed E-state index contributed by atoms with van der Waals surface area (Å²) in [5.74, 6) is 0.686. The molecular formula is C22H23N3O2S. The van der Waals surface area contributed by atoms with Gasteiger partial charge in [0.1, 0.15) is 0 Å². The molecule has 0 bridgehead atoms. The van der Waals surface area contributed by atoms with Gasteiger partial charge in [0, 0.05) is 41.1 Å². The van der Waals surface area contributed by atoms with E-state index in [2.05, 4.69) is 9.29 Å². The minimum Gasteiger partial charge on any atom is -0.314 e. The van der Waals surface area contributed by atoms with Gasteiger partial charge in [-0.25, -0.2) is 0 Å². The van der Waals surface area contributed by atoms with Crippen LogP contribution < -0.4 is 4.31 Å². The number of fused-ring (bicyclic) bond motifs is 1. The second-order valence-corrected chi connectivity index (χ2v) is 9.15. The van der Waals surface area contributed by atoms with Crippen LogP contribution in [0, 0.1) is 11.3 Å². The average molecular weight is 394 g/mol. The summed E-state index contributed by atoms with van der Waals surface area (Å²) in [6.45, 7) is 6.32. The second kappa shape index (κ2) is 7.09. The van der Waals surface area contributed by atoms with Gasteiger partial charge in [-0.2, -0.15) is 0 Å². The van der Waals surface area contributed by atoms with Crippen molar-refractivity contribution in [3.8, 4) is 0 Å². The molecule has 1 fully saturated rings. The molecule has 1 unspecified atom stereocenters. The van der Waals surface area contributed by atoms with Crippen LogP contribution in [0.1, 0.15) is 35.9 Å². The maximum absolute atomic E-state index is 13.3. The highest BCUT2D eigenvalue weighted by molar-refractivity contribution is 8.00. The van der Waals surface area contributed by atoms with Crippen LogP contribution in [0.5, 0.6) is 0 Å². The fourth-order valence-electron chi connectivity index (χ4n) is 3.45. The first kappa shape index (κ1) is 18.7. The van der Waals surface area contributed by atoms with Gasteiger partial charge in [-0.1, -0.05) is 39.0 Å². The molecule has 0 amide bonds. The molecular weight excluding hydrogens is 370 g/mol. The van der Waals surface area contributed by atoms with Crippen LogP contribution in [0.4, 0.5) is 5.69 Å². The van der Waals surface area contributed by atoms with Crippen molar-refractivity contribution in [2.45, 2.75) is 20.8 Å². The molecule has 3 aromatic rings. The zero-order valence-corrected chi connectivity index (χ0v) is 17.1. The summed E-state index contributed by atoms with van der Waals surface area (Å²) in [5, 5.41) is 0.843. The fraction of sp³-hybridized carbons (Fsp3) is 0.318. The highest BCUT2D eigenvalue weighted by atomic mass is 32.2. The Bertz CT molecular complexity index is 1040. The molecule has 4 rings (SSSR count). The van der Waals surface area contributed by atoms with E-state index in [1.807, 2.05) is 63.4 Å².